The predicted molar refractivity (Wildman–Crippen MR) is 52.6 cm³/mol. The maximum Gasteiger partial charge on any atom is 0.253 e. The highest BCUT2D eigenvalue weighted by molar-refractivity contribution is 14.2. The zero-order chi connectivity index (χ0) is 7.84. The molecule has 0 bridgehead atoms. The molecule has 1 amide bonds. The highest BCUT2D eigenvalue weighted by Crippen LogP contribution is 2.24. The second-order valence-corrected chi connectivity index (χ2v) is 3.97. The number of nitrogens with zero attached hydrogens (tertiary/aromatic N) is 1. The van der Waals surface area contributed by atoms with E-state index in [1.54, 1.807) is 9.12 Å². The van der Waals surface area contributed by atoms with Gasteiger partial charge in [0.2, 0.25) is 0 Å². The third-order valence-corrected chi connectivity index (χ3v) is 3.45. The Morgan fingerprint density at radius 2 is 2.55 bits per heavy atom. The molecule has 1 aliphatic rings. The van der Waals surface area contributed by atoms with Crippen molar-refractivity contribution >= 4 is 36.2 Å². The van der Waals surface area contributed by atoms with Crippen LogP contribution in [-0.4, -0.2) is 9.88 Å². The fourth-order valence-electron chi connectivity index (χ4n) is 1.15. The van der Waals surface area contributed by atoms with Gasteiger partial charge in [-0.2, -0.15) is 0 Å². The highest BCUT2D eigenvalue weighted by Gasteiger charge is 2.21. The van der Waals surface area contributed by atoms with Crippen molar-refractivity contribution in [3.8, 4) is 0 Å². The van der Waals surface area contributed by atoms with Crippen molar-refractivity contribution in [1.29, 1.82) is 0 Å². The molecule has 2 rings (SSSR count). The van der Waals surface area contributed by atoms with Crippen LogP contribution in [0.3, 0.4) is 0 Å². The Kier molecular flexibility index (Phi) is 1.84. The maximum absolute atomic E-state index is 11.1. The number of amides is 1. The standard InChI is InChI=1S/C6H5IN2OS/c7-11-9-2-1-4-5(9)3-8-6(4)10/h1-2H,3H2,(H,8,10). The molecule has 1 aromatic rings. The molecule has 11 heavy (non-hydrogen) atoms. The molecule has 0 fully saturated rings. The lowest BCUT2D eigenvalue weighted by Crippen LogP contribution is -2.12. The van der Waals surface area contributed by atoms with Crippen molar-refractivity contribution in [2.75, 3.05) is 0 Å². The Morgan fingerprint density at radius 3 is 3.27 bits per heavy atom. The van der Waals surface area contributed by atoms with Gasteiger partial charge in [0.25, 0.3) is 5.91 Å². The first-order chi connectivity index (χ1) is 5.33. The highest BCUT2D eigenvalue weighted by atomic mass is 127. The number of nitrogens with one attached hydrogen (secondary N) is 1. The number of fused-ring (bicyclic) bond motifs is 1. The Balaban J connectivity index is 2.52. The van der Waals surface area contributed by atoms with Crippen LogP contribution in [0.25, 0.3) is 0 Å². The Morgan fingerprint density at radius 1 is 1.73 bits per heavy atom. The predicted octanol–water partition coefficient (Wildman–Crippen LogP) is 1.58. The third kappa shape index (κ3) is 1.06. The van der Waals surface area contributed by atoms with Crippen LogP contribution in [0.15, 0.2) is 12.3 Å². The Bertz CT molecular complexity index is 310. The Labute approximate surface area is 80.3 Å². The summed E-state index contributed by atoms with van der Waals surface area (Å²) in [6.45, 7) is 0.664. The van der Waals surface area contributed by atoms with E-state index in [4.69, 9.17) is 0 Å². The van der Waals surface area contributed by atoms with E-state index in [0.29, 0.717) is 6.54 Å². The van der Waals surface area contributed by atoms with E-state index in [0.717, 1.165) is 11.3 Å². The van der Waals surface area contributed by atoms with Gasteiger partial charge in [0.15, 0.2) is 0 Å². The lowest BCUT2D eigenvalue weighted by Gasteiger charge is -1.97. The monoisotopic (exact) mass is 280 g/mol. The zero-order valence-electron chi connectivity index (χ0n) is 5.50. The van der Waals surface area contributed by atoms with E-state index < -0.39 is 0 Å². The third-order valence-electron chi connectivity index (χ3n) is 1.69. The summed E-state index contributed by atoms with van der Waals surface area (Å²) in [5, 5.41) is 2.76. The van der Waals surface area contributed by atoms with Crippen molar-refractivity contribution in [2.45, 2.75) is 6.54 Å². The van der Waals surface area contributed by atoms with Crippen molar-refractivity contribution in [3.63, 3.8) is 0 Å². The minimum Gasteiger partial charge on any atom is -0.346 e. The summed E-state index contributed by atoms with van der Waals surface area (Å²) in [4.78, 5) is 11.1. The first-order valence-corrected chi connectivity index (χ1v) is 6.42. The molecular weight excluding hydrogens is 275 g/mol. The summed E-state index contributed by atoms with van der Waals surface area (Å²) in [5.41, 5.74) is 1.89. The van der Waals surface area contributed by atoms with Crippen LogP contribution in [-0.2, 0) is 6.54 Å². The number of carbonyl (C=O) groups excluding carboxylic acids is 1. The van der Waals surface area contributed by atoms with Crippen LogP contribution in [0.4, 0.5) is 0 Å². The van der Waals surface area contributed by atoms with E-state index in [1.165, 1.54) is 0 Å². The SMILES string of the molecule is O=C1NCc2c1ccn2SI. The van der Waals surface area contributed by atoms with Gasteiger partial charge < -0.3 is 5.32 Å². The van der Waals surface area contributed by atoms with E-state index in [-0.39, 0.29) is 5.91 Å². The summed E-state index contributed by atoms with van der Waals surface area (Å²) in [6.07, 6.45) is 1.92. The molecule has 2 heterocycles. The van der Waals surface area contributed by atoms with Crippen molar-refractivity contribution in [1.82, 2.24) is 9.29 Å². The van der Waals surface area contributed by atoms with Gasteiger partial charge in [-0.1, -0.05) is 0 Å². The van der Waals surface area contributed by atoms with Crippen LogP contribution in [0, 0.1) is 0 Å². The molecule has 0 saturated heterocycles. The molecule has 3 nitrogen and oxygen atoms in total. The average Bonchev–Trinajstić information content (AvgIpc) is 2.53. The van der Waals surface area contributed by atoms with Crippen LogP contribution < -0.4 is 5.32 Å². The number of halogens is 1. The summed E-state index contributed by atoms with van der Waals surface area (Å²) in [5.74, 6) is 0.0456. The second-order valence-electron chi connectivity index (χ2n) is 2.25. The molecule has 1 aromatic heterocycles. The molecule has 0 aromatic carbocycles. The normalized spacial score (nSPS) is 14.8. The van der Waals surface area contributed by atoms with Crippen molar-refractivity contribution in [3.05, 3.63) is 23.5 Å². The molecule has 0 spiro atoms. The molecule has 1 N–H and O–H groups in total. The lowest BCUT2D eigenvalue weighted by atomic mass is 10.3. The van der Waals surface area contributed by atoms with Gasteiger partial charge in [0.05, 0.1) is 17.8 Å². The molecule has 58 valence electrons. The van der Waals surface area contributed by atoms with Crippen LogP contribution in [0.1, 0.15) is 16.1 Å². The summed E-state index contributed by atoms with van der Waals surface area (Å²) >= 11 is 2.19. The van der Waals surface area contributed by atoms with E-state index in [9.17, 15) is 4.79 Å². The molecule has 0 saturated carbocycles. The second kappa shape index (κ2) is 2.71. The number of hydrogen-bond donors (Lipinski definition) is 1. The lowest BCUT2D eigenvalue weighted by molar-refractivity contribution is 0.0966. The zero-order valence-corrected chi connectivity index (χ0v) is 8.48. The topological polar surface area (TPSA) is 34.0 Å². The van der Waals surface area contributed by atoms with Gasteiger partial charge in [0, 0.05) is 36.5 Å². The smallest absolute Gasteiger partial charge is 0.253 e. The molecule has 0 atom stereocenters. The largest absolute Gasteiger partial charge is 0.346 e. The Hall–Kier alpha value is -0.170. The summed E-state index contributed by atoms with van der Waals surface area (Å²) in [6, 6.07) is 1.85. The summed E-state index contributed by atoms with van der Waals surface area (Å²) in [7, 11) is 1.58. The minimum atomic E-state index is 0.0456. The number of hydrogen-bond acceptors (Lipinski definition) is 2. The van der Waals surface area contributed by atoms with Crippen LogP contribution in [0.2, 0.25) is 0 Å². The minimum absolute atomic E-state index is 0.0456. The van der Waals surface area contributed by atoms with Crippen LogP contribution in [0.5, 0.6) is 0 Å². The average molecular weight is 280 g/mol. The van der Waals surface area contributed by atoms with Gasteiger partial charge in [0.1, 0.15) is 0 Å². The van der Waals surface area contributed by atoms with Crippen molar-refractivity contribution in [2.24, 2.45) is 0 Å². The molecular formula is C6H5IN2OS. The first kappa shape index (κ1) is 7.48. The molecule has 0 radical (unpaired) electrons. The fraction of sp³-hybridized carbons (Fsp3) is 0.167. The molecule has 0 unspecified atom stereocenters. The number of aromatic nitrogens is 1. The fourth-order valence-corrected chi connectivity index (χ4v) is 2.61. The number of rotatable bonds is 1. The number of carbonyl (C=O) groups is 1. The van der Waals surface area contributed by atoms with Gasteiger partial charge in [-0.05, 0) is 6.07 Å². The van der Waals surface area contributed by atoms with E-state index in [2.05, 4.69) is 26.5 Å². The van der Waals surface area contributed by atoms with Gasteiger partial charge in [-0.25, -0.2) is 0 Å². The summed E-state index contributed by atoms with van der Waals surface area (Å²) < 4.78 is 1.99. The van der Waals surface area contributed by atoms with E-state index in [1.807, 2.05) is 16.2 Å². The van der Waals surface area contributed by atoms with Crippen LogP contribution >= 0.6 is 30.3 Å². The quantitative estimate of drug-likeness (QED) is 0.792. The van der Waals surface area contributed by atoms with Gasteiger partial charge in [-0.3, -0.25) is 8.77 Å². The first-order valence-electron chi connectivity index (χ1n) is 3.10. The van der Waals surface area contributed by atoms with Crippen molar-refractivity contribution < 1.29 is 4.79 Å². The molecule has 0 aliphatic carbocycles. The van der Waals surface area contributed by atoms with E-state index >= 15 is 0 Å². The van der Waals surface area contributed by atoms with Gasteiger partial charge in [-0.15, -0.1) is 0 Å². The maximum atomic E-state index is 11.1. The molecule has 1 aliphatic heterocycles. The molecule has 5 heteroatoms. The van der Waals surface area contributed by atoms with Gasteiger partial charge >= 0.3 is 0 Å².